The molecule has 0 aromatic rings. The van der Waals surface area contributed by atoms with Crippen molar-refractivity contribution in [1.82, 2.24) is 5.32 Å². The fraction of sp³-hybridized carbons (Fsp3) is 0.778. The Bertz CT molecular complexity index is 324. The van der Waals surface area contributed by atoms with E-state index in [-0.39, 0.29) is 6.61 Å². The molecule has 5 atom stereocenters. The summed E-state index contributed by atoms with van der Waals surface area (Å²) in [5.41, 5.74) is 4.96. The molecule has 0 aliphatic carbocycles. The second-order valence-electron chi connectivity index (χ2n) is 3.72. The quantitative estimate of drug-likeness (QED) is 0.365. The van der Waals surface area contributed by atoms with Crippen molar-refractivity contribution in [2.24, 2.45) is 5.73 Å². The number of hydrogen-bond acceptors (Lipinski definition) is 7. The van der Waals surface area contributed by atoms with Gasteiger partial charge in [0, 0.05) is 0 Å². The second kappa shape index (κ2) is 5.96. The van der Waals surface area contributed by atoms with Gasteiger partial charge in [0.05, 0.1) is 6.61 Å². The molecule has 1 aliphatic heterocycles. The third-order valence-corrected chi connectivity index (χ3v) is 2.43. The first-order valence-corrected chi connectivity index (χ1v) is 5.30. The number of alkyl carbamates (subject to hydrolysis) is 1. The van der Waals surface area contributed by atoms with E-state index in [1.54, 1.807) is 6.92 Å². The van der Waals surface area contributed by atoms with Crippen LogP contribution in [0.5, 0.6) is 0 Å². The SMILES string of the molecule is CCOC(=O)N[C@H]1O[C@@H](C(N)=O)[C@@H](O)[C@@H](O)[C@@H]1O. The van der Waals surface area contributed by atoms with Gasteiger partial charge >= 0.3 is 6.09 Å². The molecule has 9 heteroatoms. The summed E-state index contributed by atoms with van der Waals surface area (Å²) in [6, 6.07) is 0. The van der Waals surface area contributed by atoms with Crippen LogP contribution in [0.2, 0.25) is 0 Å². The van der Waals surface area contributed by atoms with Gasteiger partial charge in [-0.15, -0.1) is 0 Å². The number of aliphatic hydroxyl groups is 3. The molecule has 1 fully saturated rings. The van der Waals surface area contributed by atoms with E-state index in [0.29, 0.717) is 0 Å². The molecule has 0 spiro atoms. The number of nitrogens with one attached hydrogen (secondary N) is 1. The van der Waals surface area contributed by atoms with Crippen molar-refractivity contribution < 1.29 is 34.4 Å². The van der Waals surface area contributed by atoms with E-state index in [9.17, 15) is 24.9 Å². The van der Waals surface area contributed by atoms with Crippen LogP contribution >= 0.6 is 0 Å². The fourth-order valence-electron chi connectivity index (χ4n) is 1.52. The van der Waals surface area contributed by atoms with Crippen LogP contribution in [0, 0.1) is 0 Å². The molecule has 0 aromatic carbocycles. The Morgan fingerprint density at radius 2 is 1.89 bits per heavy atom. The number of primary amides is 1. The van der Waals surface area contributed by atoms with E-state index in [0.717, 1.165) is 0 Å². The Labute approximate surface area is 102 Å². The molecule has 0 unspecified atom stereocenters. The van der Waals surface area contributed by atoms with Crippen LogP contribution in [0.4, 0.5) is 4.79 Å². The number of aliphatic hydroxyl groups excluding tert-OH is 3. The van der Waals surface area contributed by atoms with Crippen LogP contribution in [0.1, 0.15) is 6.92 Å². The Balaban J connectivity index is 2.73. The molecule has 18 heavy (non-hydrogen) atoms. The summed E-state index contributed by atoms with van der Waals surface area (Å²) >= 11 is 0. The van der Waals surface area contributed by atoms with Gasteiger partial charge in [0.15, 0.2) is 12.3 Å². The third kappa shape index (κ3) is 3.07. The minimum absolute atomic E-state index is 0.0963. The highest BCUT2D eigenvalue weighted by Crippen LogP contribution is 2.19. The van der Waals surface area contributed by atoms with Crippen molar-refractivity contribution in [1.29, 1.82) is 0 Å². The number of amides is 2. The van der Waals surface area contributed by atoms with Crippen LogP contribution in [-0.2, 0) is 14.3 Å². The molecule has 9 nitrogen and oxygen atoms in total. The highest BCUT2D eigenvalue weighted by Gasteiger charge is 2.46. The van der Waals surface area contributed by atoms with E-state index in [4.69, 9.17) is 10.5 Å². The summed E-state index contributed by atoms with van der Waals surface area (Å²) in [7, 11) is 0. The molecule has 104 valence electrons. The normalized spacial score (nSPS) is 35.9. The smallest absolute Gasteiger partial charge is 0.409 e. The van der Waals surface area contributed by atoms with Crippen LogP contribution in [0.3, 0.4) is 0 Å². The van der Waals surface area contributed by atoms with E-state index in [1.165, 1.54) is 0 Å². The van der Waals surface area contributed by atoms with Crippen LogP contribution in [-0.4, -0.2) is 64.6 Å². The van der Waals surface area contributed by atoms with E-state index in [1.807, 2.05) is 0 Å². The van der Waals surface area contributed by atoms with Crippen LogP contribution < -0.4 is 11.1 Å². The van der Waals surface area contributed by atoms with E-state index >= 15 is 0 Å². The highest BCUT2D eigenvalue weighted by molar-refractivity contribution is 5.80. The molecular weight excluding hydrogens is 248 g/mol. The summed E-state index contributed by atoms with van der Waals surface area (Å²) < 4.78 is 9.46. The lowest BCUT2D eigenvalue weighted by molar-refractivity contribution is -0.224. The minimum atomic E-state index is -1.68. The monoisotopic (exact) mass is 264 g/mol. The second-order valence-corrected chi connectivity index (χ2v) is 3.72. The number of ether oxygens (including phenoxy) is 2. The van der Waals surface area contributed by atoms with Crippen LogP contribution in [0.15, 0.2) is 0 Å². The maximum absolute atomic E-state index is 11.1. The summed E-state index contributed by atoms with van der Waals surface area (Å²) in [4.78, 5) is 22.1. The molecule has 0 bridgehead atoms. The molecule has 6 N–H and O–H groups in total. The molecule has 2 amide bonds. The zero-order valence-electron chi connectivity index (χ0n) is 9.65. The molecule has 1 rings (SSSR count). The molecule has 1 heterocycles. The van der Waals surface area contributed by atoms with Crippen LogP contribution in [0.25, 0.3) is 0 Å². The molecule has 1 saturated heterocycles. The topological polar surface area (TPSA) is 151 Å². The van der Waals surface area contributed by atoms with Gasteiger partial charge < -0.3 is 30.5 Å². The highest BCUT2D eigenvalue weighted by atomic mass is 16.6. The van der Waals surface area contributed by atoms with E-state index in [2.05, 4.69) is 10.1 Å². The molecule has 0 saturated carbocycles. The largest absolute Gasteiger partial charge is 0.450 e. The predicted molar refractivity (Wildman–Crippen MR) is 56.0 cm³/mol. The Kier molecular flexibility index (Phi) is 4.84. The fourth-order valence-corrected chi connectivity index (χ4v) is 1.52. The van der Waals surface area contributed by atoms with Gasteiger partial charge in [-0.25, -0.2) is 4.79 Å². The van der Waals surface area contributed by atoms with Crippen molar-refractivity contribution in [3.8, 4) is 0 Å². The van der Waals surface area contributed by atoms with Gasteiger partial charge in [-0.1, -0.05) is 0 Å². The number of rotatable bonds is 3. The summed E-state index contributed by atoms with van der Waals surface area (Å²) in [5.74, 6) is -1.02. The van der Waals surface area contributed by atoms with Gasteiger partial charge in [-0.3, -0.25) is 10.1 Å². The molecule has 1 aliphatic rings. The van der Waals surface area contributed by atoms with Gasteiger partial charge in [-0.05, 0) is 6.92 Å². The first-order chi connectivity index (χ1) is 8.38. The number of carbonyl (C=O) groups excluding carboxylic acids is 2. The van der Waals surface area contributed by atoms with E-state index < -0.39 is 42.6 Å². The summed E-state index contributed by atoms with van der Waals surface area (Å²) in [6.45, 7) is 1.67. The standard InChI is InChI=1S/C9H16N2O7/c1-2-17-9(16)11-8-5(14)3(12)4(13)6(18-8)7(10)15/h3-6,8,12-14H,2H2,1H3,(H2,10,15)(H,11,16)/t3-,4+,5+,6-,8+/m1/s1. The Morgan fingerprint density at radius 1 is 1.28 bits per heavy atom. The van der Waals surface area contributed by atoms with Gasteiger partial charge in [-0.2, -0.15) is 0 Å². The average molecular weight is 264 g/mol. The van der Waals surface area contributed by atoms with Crippen molar-refractivity contribution in [3.63, 3.8) is 0 Å². The number of carbonyl (C=O) groups is 2. The van der Waals surface area contributed by atoms with Gasteiger partial charge in [0.1, 0.15) is 18.3 Å². The zero-order chi connectivity index (χ0) is 13.9. The predicted octanol–water partition coefficient (Wildman–Crippen LogP) is -2.97. The maximum atomic E-state index is 11.1. The minimum Gasteiger partial charge on any atom is -0.450 e. The lowest BCUT2D eigenvalue weighted by Gasteiger charge is -2.39. The zero-order valence-corrected chi connectivity index (χ0v) is 9.65. The summed E-state index contributed by atoms with van der Waals surface area (Å²) in [5, 5.41) is 30.6. The lowest BCUT2D eigenvalue weighted by atomic mass is 9.98. The Hall–Kier alpha value is -1.42. The number of hydrogen-bond donors (Lipinski definition) is 5. The molecule has 0 radical (unpaired) electrons. The van der Waals surface area contributed by atoms with Gasteiger partial charge in [0.25, 0.3) is 0 Å². The van der Waals surface area contributed by atoms with Crippen molar-refractivity contribution in [2.75, 3.05) is 6.61 Å². The molecule has 0 aromatic heterocycles. The summed E-state index contributed by atoms with van der Waals surface area (Å²) in [6.07, 6.45) is -8.79. The third-order valence-electron chi connectivity index (χ3n) is 2.43. The lowest BCUT2D eigenvalue weighted by Crippen LogP contribution is -2.65. The number of nitrogens with two attached hydrogens (primary N) is 1. The van der Waals surface area contributed by atoms with Crippen molar-refractivity contribution >= 4 is 12.0 Å². The van der Waals surface area contributed by atoms with Gasteiger partial charge in [0.2, 0.25) is 5.91 Å². The average Bonchev–Trinajstić information content (AvgIpc) is 2.30. The van der Waals surface area contributed by atoms with Crippen molar-refractivity contribution in [3.05, 3.63) is 0 Å². The van der Waals surface area contributed by atoms with Crippen molar-refractivity contribution in [2.45, 2.75) is 37.6 Å². The first kappa shape index (κ1) is 14.6. The maximum Gasteiger partial charge on any atom is 0.409 e. The molecular formula is C9H16N2O7. The Morgan fingerprint density at radius 3 is 2.39 bits per heavy atom. The first-order valence-electron chi connectivity index (χ1n) is 5.30.